The normalized spacial score (nSPS) is 14.9. The summed E-state index contributed by atoms with van der Waals surface area (Å²) in [5.41, 5.74) is 6.37. The summed E-state index contributed by atoms with van der Waals surface area (Å²) in [6, 6.07) is 28.7. The van der Waals surface area contributed by atoms with E-state index in [0.717, 1.165) is 11.6 Å². The molecule has 0 atom stereocenters. The summed E-state index contributed by atoms with van der Waals surface area (Å²) in [5.74, 6) is 0.837. The number of hydrogen-bond acceptors (Lipinski definition) is 2. The largest absolute Gasteiger partial charge is 0.256 e. The summed E-state index contributed by atoms with van der Waals surface area (Å²) in [6.07, 6.45) is 10.2. The maximum Gasteiger partial charge on any atom is 0.0719 e. The molecule has 0 radical (unpaired) electrons. The lowest BCUT2D eigenvalue weighted by Crippen LogP contribution is -2.09. The van der Waals surface area contributed by atoms with Crippen LogP contribution in [0.15, 0.2) is 85.1 Å². The van der Waals surface area contributed by atoms with Crippen molar-refractivity contribution in [3.63, 3.8) is 0 Å². The molecule has 1 aliphatic carbocycles. The summed E-state index contributed by atoms with van der Waals surface area (Å²) in [4.78, 5) is 4.83. The first-order valence-electron chi connectivity index (χ1n) is 11.8. The number of aromatic nitrogens is 1. The Balaban J connectivity index is 1.50. The molecule has 5 aromatic rings. The highest BCUT2D eigenvalue weighted by molar-refractivity contribution is 7.26. The Labute approximate surface area is 193 Å². The Morgan fingerprint density at radius 2 is 1.56 bits per heavy atom. The molecule has 0 unspecified atom stereocenters. The van der Waals surface area contributed by atoms with E-state index in [-0.39, 0.29) is 0 Å². The lowest BCUT2D eigenvalue weighted by atomic mass is 9.85. The van der Waals surface area contributed by atoms with Gasteiger partial charge in [0.05, 0.1) is 5.69 Å². The number of nitrogens with zero attached hydrogens (tertiary/aromatic N) is 1. The Bertz CT molecular complexity index is 1380. The molecule has 2 heterocycles. The van der Waals surface area contributed by atoms with E-state index in [9.17, 15) is 0 Å². The van der Waals surface area contributed by atoms with Crippen molar-refractivity contribution in [2.75, 3.05) is 0 Å². The van der Waals surface area contributed by atoms with Crippen LogP contribution in [0.4, 0.5) is 0 Å². The van der Waals surface area contributed by atoms with E-state index in [1.165, 1.54) is 81.0 Å². The van der Waals surface area contributed by atoms with Crippen LogP contribution in [0, 0.1) is 5.92 Å². The van der Waals surface area contributed by atoms with Gasteiger partial charge in [-0.3, -0.25) is 4.98 Å². The quantitative estimate of drug-likeness (QED) is 0.276. The molecule has 1 aliphatic rings. The standard InChI is InChI=1S/C30H27NS/c1-3-9-21(10-4-1)19-22-17-18-31-27(20-22)25-16-15-24(23-11-5-2-6-12-23)29-26-13-7-8-14-28(26)32-30(25)29/h2,5-8,11-18,20-21H,1,3-4,9-10,19H2. The molecule has 6 rings (SSSR count). The van der Waals surface area contributed by atoms with E-state index in [1.54, 1.807) is 0 Å². The fraction of sp³-hybridized carbons (Fsp3) is 0.233. The maximum atomic E-state index is 4.83. The molecule has 1 fully saturated rings. The zero-order chi connectivity index (χ0) is 21.3. The van der Waals surface area contributed by atoms with Gasteiger partial charge in [0.1, 0.15) is 0 Å². The van der Waals surface area contributed by atoms with Crippen LogP contribution < -0.4 is 0 Å². The van der Waals surface area contributed by atoms with E-state index in [2.05, 4.69) is 78.9 Å². The lowest BCUT2D eigenvalue weighted by molar-refractivity contribution is 0.356. The predicted molar refractivity (Wildman–Crippen MR) is 138 cm³/mol. The molecule has 0 bridgehead atoms. The second-order valence-electron chi connectivity index (χ2n) is 9.09. The summed E-state index contributed by atoms with van der Waals surface area (Å²) < 4.78 is 2.68. The average molecular weight is 434 g/mol. The van der Waals surface area contributed by atoms with Crippen LogP contribution in [-0.4, -0.2) is 4.98 Å². The third-order valence-electron chi connectivity index (χ3n) is 6.96. The number of rotatable bonds is 4. The molecule has 2 heteroatoms. The minimum Gasteiger partial charge on any atom is -0.256 e. The van der Waals surface area contributed by atoms with Crippen molar-refractivity contribution in [3.05, 3.63) is 90.6 Å². The number of hydrogen-bond donors (Lipinski definition) is 0. The lowest BCUT2D eigenvalue weighted by Gasteiger charge is -2.21. The Morgan fingerprint density at radius 3 is 2.44 bits per heavy atom. The molecule has 2 aromatic heterocycles. The van der Waals surface area contributed by atoms with Crippen molar-refractivity contribution in [2.24, 2.45) is 5.92 Å². The van der Waals surface area contributed by atoms with Gasteiger partial charge >= 0.3 is 0 Å². The summed E-state index contributed by atoms with van der Waals surface area (Å²) >= 11 is 1.89. The summed E-state index contributed by atoms with van der Waals surface area (Å²) in [7, 11) is 0. The van der Waals surface area contributed by atoms with Crippen molar-refractivity contribution in [1.82, 2.24) is 4.98 Å². The van der Waals surface area contributed by atoms with Gasteiger partial charge in [-0.2, -0.15) is 0 Å². The van der Waals surface area contributed by atoms with Crippen LogP contribution in [0.5, 0.6) is 0 Å². The van der Waals surface area contributed by atoms with Gasteiger partial charge in [0, 0.05) is 31.9 Å². The molecule has 0 N–H and O–H groups in total. The van der Waals surface area contributed by atoms with Crippen LogP contribution in [0.1, 0.15) is 37.7 Å². The smallest absolute Gasteiger partial charge is 0.0719 e. The molecule has 1 saturated carbocycles. The van der Waals surface area contributed by atoms with Gasteiger partial charge in [-0.15, -0.1) is 11.3 Å². The minimum atomic E-state index is 0.837. The zero-order valence-electron chi connectivity index (χ0n) is 18.3. The van der Waals surface area contributed by atoms with Gasteiger partial charge in [0.2, 0.25) is 0 Å². The van der Waals surface area contributed by atoms with Crippen LogP contribution in [0.2, 0.25) is 0 Å². The molecule has 0 saturated heterocycles. The molecular weight excluding hydrogens is 406 g/mol. The molecule has 158 valence electrons. The summed E-state index contributed by atoms with van der Waals surface area (Å²) in [6.45, 7) is 0. The fourth-order valence-electron chi connectivity index (χ4n) is 5.36. The van der Waals surface area contributed by atoms with E-state index in [0.29, 0.717) is 0 Å². The molecule has 1 nitrogen and oxygen atoms in total. The fourth-order valence-corrected chi connectivity index (χ4v) is 6.61. The number of fused-ring (bicyclic) bond motifs is 3. The Hall–Kier alpha value is -2.97. The molecule has 0 amide bonds. The molecule has 0 spiro atoms. The first-order valence-corrected chi connectivity index (χ1v) is 12.6. The predicted octanol–water partition coefficient (Wildman–Crippen LogP) is 8.91. The summed E-state index contributed by atoms with van der Waals surface area (Å²) in [5, 5.41) is 2.69. The minimum absolute atomic E-state index is 0.837. The van der Waals surface area contributed by atoms with E-state index in [4.69, 9.17) is 4.98 Å². The third-order valence-corrected chi connectivity index (χ3v) is 8.16. The van der Waals surface area contributed by atoms with E-state index in [1.807, 2.05) is 17.5 Å². The molecule has 0 aliphatic heterocycles. The van der Waals surface area contributed by atoms with Crippen molar-refractivity contribution >= 4 is 31.5 Å². The monoisotopic (exact) mass is 433 g/mol. The first-order chi connectivity index (χ1) is 15.9. The van der Waals surface area contributed by atoms with Gasteiger partial charge in [0.25, 0.3) is 0 Å². The molecular formula is C30H27NS. The van der Waals surface area contributed by atoms with Gasteiger partial charge in [-0.05, 0) is 47.2 Å². The van der Waals surface area contributed by atoms with Gasteiger partial charge in [-0.1, -0.05) is 92.8 Å². The molecule has 3 aromatic carbocycles. The van der Waals surface area contributed by atoms with Crippen LogP contribution in [0.3, 0.4) is 0 Å². The van der Waals surface area contributed by atoms with Gasteiger partial charge < -0.3 is 0 Å². The zero-order valence-corrected chi connectivity index (χ0v) is 19.1. The van der Waals surface area contributed by atoms with Crippen LogP contribution in [-0.2, 0) is 6.42 Å². The van der Waals surface area contributed by atoms with Crippen molar-refractivity contribution in [1.29, 1.82) is 0 Å². The topological polar surface area (TPSA) is 12.9 Å². The number of pyridine rings is 1. The average Bonchev–Trinajstić information content (AvgIpc) is 3.25. The second kappa shape index (κ2) is 8.52. The van der Waals surface area contributed by atoms with Crippen LogP contribution in [0.25, 0.3) is 42.6 Å². The second-order valence-corrected chi connectivity index (χ2v) is 10.1. The highest BCUT2D eigenvalue weighted by Gasteiger charge is 2.17. The first kappa shape index (κ1) is 19.7. The third kappa shape index (κ3) is 3.63. The van der Waals surface area contributed by atoms with Crippen molar-refractivity contribution in [2.45, 2.75) is 38.5 Å². The van der Waals surface area contributed by atoms with Gasteiger partial charge in [0.15, 0.2) is 0 Å². The number of thiophene rings is 1. The Morgan fingerprint density at radius 1 is 0.781 bits per heavy atom. The highest BCUT2D eigenvalue weighted by Crippen LogP contribution is 2.44. The maximum absolute atomic E-state index is 4.83. The molecule has 32 heavy (non-hydrogen) atoms. The van der Waals surface area contributed by atoms with Crippen molar-refractivity contribution in [3.8, 4) is 22.4 Å². The van der Waals surface area contributed by atoms with E-state index < -0.39 is 0 Å². The SMILES string of the molecule is c1ccc(-c2ccc(-c3cc(CC4CCCCC4)ccn3)c3sc4ccccc4c23)cc1. The number of benzene rings is 3. The van der Waals surface area contributed by atoms with Crippen LogP contribution >= 0.6 is 11.3 Å². The van der Waals surface area contributed by atoms with Gasteiger partial charge in [-0.25, -0.2) is 0 Å². The Kier molecular flexibility index (Phi) is 5.24. The van der Waals surface area contributed by atoms with E-state index >= 15 is 0 Å². The van der Waals surface area contributed by atoms with Crippen molar-refractivity contribution < 1.29 is 0 Å². The highest BCUT2D eigenvalue weighted by atomic mass is 32.1.